The van der Waals surface area contributed by atoms with Gasteiger partial charge in [-0.2, -0.15) is 4.31 Å². The van der Waals surface area contributed by atoms with Crippen molar-refractivity contribution >= 4 is 27.5 Å². The van der Waals surface area contributed by atoms with Crippen LogP contribution in [0.25, 0.3) is 0 Å². The Morgan fingerprint density at radius 3 is 2.14 bits per heavy atom. The number of hydrogen-bond donors (Lipinski definition) is 0. The highest BCUT2D eigenvalue weighted by molar-refractivity contribution is 7.89. The number of para-hydroxylation sites is 1. The molecule has 1 spiro atoms. The standard InChI is InChI=1S/C26H34N4O4S/c1-4-27(5-2)24(31)19-28-20-30(22-9-7-6-8-10-22)26(25(28)32)15-17-29(18-16-26)35(33,34)23-13-11-21(3)12-14-23/h6-14H,4-5,15-20H2,1-3H3. The lowest BCUT2D eigenvalue weighted by molar-refractivity contribution is -0.140. The van der Waals surface area contributed by atoms with Gasteiger partial charge >= 0.3 is 0 Å². The quantitative estimate of drug-likeness (QED) is 0.586. The number of carbonyl (C=O) groups is 2. The number of amides is 2. The molecular formula is C26H34N4O4S. The zero-order chi connectivity index (χ0) is 25.2. The van der Waals surface area contributed by atoms with Crippen molar-refractivity contribution in [2.24, 2.45) is 0 Å². The number of benzene rings is 2. The summed E-state index contributed by atoms with van der Waals surface area (Å²) in [6.07, 6.45) is 0.726. The Labute approximate surface area is 208 Å². The smallest absolute Gasteiger partial charge is 0.250 e. The van der Waals surface area contributed by atoms with Crippen LogP contribution in [0.1, 0.15) is 32.3 Å². The molecule has 2 aromatic carbocycles. The lowest BCUT2D eigenvalue weighted by atomic mass is 9.86. The number of rotatable bonds is 7. The highest BCUT2D eigenvalue weighted by atomic mass is 32.2. The topological polar surface area (TPSA) is 81.2 Å². The van der Waals surface area contributed by atoms with Crippen LogP contribution < -0.4 is 4.90 Å². The maximum absolute atomic E-state index is 13.8. The van der Waals surface area contributed by atoms with Crippen LogP contribution in [0.4, 0.5) is 5.69 Å². The third kappa shape index (κ3) is 4.67. The summed E-state index contributed by atoms with van der Waals surface area (Å²) < 4.78 is 28.0. The Morgan fingerprint density at radius 1 is 0.971 bits per heavy atom. The van der Waals surface area contributed by atoms with Gasteiger partial charge in [0.25, 0.3) is 0 Å². The van der Waals surface area contributed by atoms with Crippen LogP contribution in [0.5, 0.6) is 0 Å². The summed E-state index contributed by atoms with van der Waals surface area (Å²) in [5.41, 5.74) is 1.02. The van der Waals surface area contributed by atoms with Gasteiger partial charge in [-0.1, -0.05) is 35.9 Å². The van der Waals surface area contributed by atoms with E-state index in [1.165, 1.54) is 4.31 Å². The fourth-order valence-corrected chi connectivity index (χ4v) is 6.56. The number of sulfonamides is 1. The number of piperidine rings is 1. The summed E-state index contributed by atoms with van der Waals surface area (Å²) in [5.74, 6) is -0.179. The van der Waals surface area contributed by atoms with Gasteiger partial charge in [-0.25, -0.2) is 8.42 Å². The Morgan fingerprint density at radius 2 is 1.57 bits per heavy atom. The lowest BCUT2D eigenvalue weighted by Gasteiger charge is -2.42. The van der Waals surface area contributed by atoms with Gasteiger partial charge in [-0.3, -0.25) is 9.59 Å². The fraction of sp³-hybridized carbons (Fsp3) is 0.462. The minimum Gasteiger partial charge on any atom is -0.342 e. The maximum Gasteiger partial charge on any atom is 0.250 e. The maximum atomic E-state index is 13.8. The lowest BCUT2D eigenvalue weighted by Crippen LogP contribution is -2.57. The summed E-state index contributed by atoms with van der Waals surface area (Å²) >= 11 is 0. The van der Waals surface area contributed by atoms with Gasteiger partial charge in [0.05, 0.1) is 11.6 Å². The molecule has 0 bridgehead atoms. The SMILES string of the molecule is CCN(CC)C(=O)CN1CN(c2ccccc2)C2(CCN(S(=O)(=O)c3ccc(C)cc3)CC2)C1=O. The molecule has 2 heterocycles. The number of anilines is 1. The van der Waals surface area contributed by atoms with Gasteiger partial charge in [-0.05, 0) is 57.9 Å². The number of hydrogen-bond acceptors (Lipinski definition) is 5. The molecule has 0 aliphatic carbocycles. The van der Waals surface area contributed by atoms with Crippen LogP contribution in [0.15, 0.2) is 59.5 Å². The molecule has 2 aliphatic rings. The van der Waals surface area contributed by atoms with Crippen molar-refractivity contribution in [3.8, 4) is 0 Å². The van der Waals surface area contributed by atoms with Crippen LogP contribution in [0.3, 0.4) is 0 Å². The first kappa shape index (κ1) is 25.2. The Balaban J connectivity index is 1.59. The second kappa shape index (κ2) is 9.99. The fourth-order valence-electron chi connectivity index (χ4n) is 5.12. The molecule has 8 nitrogen and oxygen atoms in total. The summed E-state index contributed by atoms with van der Waals surface area (Å²) in [5, 5.41) is 0. The van der Waals surface area contributed by atoms with E-state index in [0.29, 0.717) is 32.6 Å². The predicted octanol–water partition coefficient (Wildman–Crippen LogP) is 2.69. The Bertz CT molecular complexity index is 1160. The molecule has 0 unspecified atom stereocenters. The van der Waals surface area contributed by atoms with Crippen LogP contribution >= 0.6 is 0 Å². The van der Waals surface area contributed by atoms with E-state index in [9.17, 15) is 18.0 Å². The molecule has 4 rings (SSSR count). The van der Waals surface area contributed by atoms with Crippen molar-refractivity contribution in [3.63, 3.8) is 0 Å². The molecular weight excluding hydrogens is 464 g/mol. The zero-order valence-electron chi connectivity index (χ0n) is 20.7. The highest BCUT2D eigenvalue weighted by Crippen LogP contribution is 2.40. The first-order valence-corrected chi connectivity index (χ1v) is 13.6. The van der Waals surface area contributed by atoms with Crippen molar-refractivity contribution in [2.75, 3.05) is 44.3 Å². The first-order valence-electron chi connectivity index (χ1n) is 12.2. The summed E-state index contributed by atoms with van der Waals surface area (Å²) in [7, 11) is -3.65. The van der Waals surface area contributed by atoms with E-state index in [4.69, 9.17) is 0 Å². The third-order valence-corrected chi connectivity index (χ3v) is 9.15. The number of likely N-dealkylation sites (N-methyl/N-ethyl adjacent to an activating group) is 1. The molecule has 35 heavy (non-hydrogen) atoms. The summed E-state index contributed by atoms with van der Waals surface area (Å²) in [4.78, 5) is 32.3. The van der Waals surface area contributed by atoms with E-state index in [0.717, 1.165) is 11.3 Å². The van der Waals surface area contributed by atoms with Crippen LogP contribution in [-0.2, 0) is 19.6 Å². The Kier molecular flexibility index (Phi) is 7.19. The van der Waals surface area contributed by atoms with Crippen LogP contribution in [-0.4, -0.2) is 79.3 Å². The van der Waals surface area contributed by atoms with E-state index in [2.05, 4.69) is 4.90 Å². The molecule has 0 aromatic heterocycles. The van der Waals surface area contributed by atoms with E-state index < -0.39 is 15.6 Å². The number of nitrogens with zero attached hydrogens (tertiary/aromatic N) is 4. The van der Waals surface area contributed by atoms with Crippen LogP contribution in [0, 0.1) is 6.92 Å². The van der Waals surface area contributed by atoms with E-state index >= 15 is 0 Å². The average Bonchev–Trinajstić information content (AvgIpc) is 3.12. The minimum atomic E-state index is -3.65. The monoisotopic (exact) mass is 498 g/mol. The molecule has 2 amide bonds. The molecule has 2 saturated heterocycles. The van der Waals surface area contributed by atoms with Crippen molar-refractivity contribution in [1.82, 2.24) is 14.1 Å². The van der Waals surface area contributed by atoms with Gasteiger partial charge in [-0.15, -0.1) is 0 Å². The molecule has 0 radical (unpaired) electrons. The molecule has 2 aliphatic heterocycles. The van der Waals surface area contributed by atoms with Gasteiger partial charge in [0.15, 0.2) is 0 Å². The Hall–Kier alpha value is -2.91. The molecule has 9 heteroatoms. The molecule has 188 valence electrons. The highest BCUT2D eigenvalue weighted by Gasteiger charge is 2.55. The number of carbonyl (C=O) groups excluding carboxylic acids is 2. The average molecular weight is 499 g/mol. The second-order valence-corrected chi connectivity index (χ2v) is 11.2. The van der Waals surface area contributed by atoms with Crippen molar-refractivity contribution < 1.29 is 18.0 Å². The van der Waals surface area contributed by atoms with Gasteiger partial charge in [0.2, 0.25) is 21.8 Å². The number of aryl methyl sites for hydroxylation is 1. The van der Waals surface area contributed by atoms with Gasteiger partial charge in [0.1, 0.15) is 12.1 Å². The van der Waals surface area contributed by atoms with Gasteiger partial charge in [0, 0.05) is 31.9 Å². The van der Waals surface area contributed by atoms with Gasteiger partial charge < -0.3 is 14.7 Å². The van der Waals surface area contributed by atoms with E-state index in [-0.39, 0.29) is 36.3 Å². The molecule has 2 aromatic rings. The third-order valence-electron chi connectivity index (χ3n) is 7.23. The largest absolute Gasteiger partial charge is 0.342 e. The van der Waals surface area contributed by atoms with Crippen molar-refractivity contribution in [3.05, 3.63) is 60.2 Å². The molecule has 0 N–H and O–H groups in total. The van der Waals surface area contributed by atoms with Crippen LogP contribution in [0.2, 0.25) is 0 Å². The summed E-state index contributed by atoms with van der Waals surface area (Å²) in [6, 6.07) is 16.5. The van der Waals surface area contributed by atoms with E-state index in [1.54, 1.807) is 34.1 Å². The minimum absolute atomic E-state index is 0.0248. The van der Waals surface area contributed by atoms with Crippen molar-refractivity contribution in [1.29, 1.82) is 0 Å². The second-order valence-electron chi connectivity index (χ2n) is 9.22. The molecule has 0 atom stereocenters. The summed E-state index contributed by atoms with van der Waals surface area (Å²) in [6.45, 7) is 7.77. The normalized spacial score (nSPS) is 18.3. The molecule has 0 saturated carbocycles. The van der Waals surface area contributed by atoms with Crippen molar-refractivity contribution in [2.45, 2.75) is 44.0 Å². The first-order chi connectivity index (χ1) is 16.7. The zero-order valence-corrected chi connectivity index (χ0v) is 21.5. The predicted molar refractivity (Wildman–Crippen MR) is 135 cm³/mol. The molecule has 2 fully saturated rings. The van der Waals surface area contributed by atoms with E-state index in [1.807, 2.05) is 51.1 Å².